The van der Waals surface area contributed by atoms with Gasteiger partial charge in [-0.05, 0) is 31.6 Å². The molecule has 0 nitrogen and oxygen atoms in total. The average molecular weight is 154 g/mol. The average Bonchev–Trinajstić information content (AvgIpc) is 2.40. The lowest BCUT2D eigenvalue weighted by Gasteiger charge is -2.12. The summed E-state index contributed by atoms with van der Waals surface area (Å²) in [6.45, 7) is 10.9. The molecule has 0 fully saturated rings. The van der Waals surface area contributed by atoms with Crippen LogP contribution in [0, 0.1) is 11.8 Å². The molecular formula is C11H22. The van der Waals surface area contributed by atoms with Gasteiger partial charge in [0.1, 0.15) is 0 Å². The molecule has 0 saturated heterocycles. The van der Waals surface area contributed by atoms with E-state index in [0.29, 0.717) is 0 Å². The van der Waals surface area contributed by atoms with Gasteiger partial charge in [0.2, 0.25) is 0 Å². The highest BCUT2D eigenvalue weighted by molar-refractivity contribution is 5.07. The van der Waals surface area contributed by atoms with Gasteiger partial charge < -0.3 is 0 Å². The fraction of sp³-hybridized carbons (Fsp3) is 0.818. The molecule has 66 valence electrons. The maximum Gasteiger partial charge on any atom is -0.0289 e. The van der Waals surface area contributed by atoms with Crippen molar-refractivity contribution in [2.75, 3.05) is 0 Å². The third kappa shape index (κ3) is 3.60. The Bertz CT molecular complexity index is 120. The van der Waals surface area contributed by atoms with Crippen LogP contribution in [-0.2, 0) is 0 Å². The zero-order chi connectivity index (χ0) is 8.85. The molecule has 0 spiro atoms. The summed E-state index contributed by atoms with van der Waals surface area (Å²) in [5, 5.41) is 0. The zero-order valence-corrected chi connectivity index (χ0v) is 8.65. The van der Waals surface area contributed by atoms with Gasteiger partial charge in [-0.1, -0.05) is 39.3 Å². The number of hydrogen-bond acceptors (Lipinski definition) is 0. The summed E-state index contributed by atoms with van der Waals surface area (Å²) in [5.74, 6) is 1.82. The molecule has 1 aliphatic rings. The Labute approximate surface area is 71.7 Å². The lowest BCUT2D eigenvalue weighted by Crippen LogP contribution is -2.03. The molecule has 1 unspecified atom stereocenters. The van der Waals surface area contributed by atoms with Crippen molar-refractivity contribution in [3.8, 4) is 0 Å². The second-order valence-electron chi connectivity index (χ2n) is 3.49. The van der Waals surface area contributed by atoms with E-state index < -0.39 is 0 Å². The number of hydrogen-bond donors (Lipinski definition) is 0. The van der Waals surface area contributed by atoms with E-state index in [1.54, 1.807) is 5.57 Å². The van der Waals surface area contributed by atoms with Crippen LogP contribution in [0.2, 0.25) is 0 Å². The Kier molecular flexibility index (Phi) is 5.27. The molecule has 0 aromatic carbocycles. The lowest BCUT2D eigenvalue weighted by atomic mass is 9.93. The van der Waals surface area contributed by atoms with Crippen LogP contribution in [0.4, 0.5) is 0 Å². The maximum atomic E-state index is 2.38. The molecule has 0 amide bonds. The molecule has 0 bridgehead atoms. The summed E-state index contributed by atoms with van der Waals surface area (Å²) < 4.78 is 0. The summed E-state index contributed by atoms with van der Waals surface area (Å²) in [4.78, 5) is 0. The fourth-order valence-electron chi connectivity index (χ4n) is 1.44. The first kappa shape index (κ1) is 10.7. The van der Waals surface area contributed by atoms with Crippen LogP contribution in [0.25, 0.3) is 0 Å². The van der Waals surface area contributed by atoms with E-state index in [1.165, 1.54) is 12.8 Å². The van der Waals surface area contributed by atoms with Crippen LogP contribution < -0.4 is 0 Å². The molecule has 0 aromatic rings. The highest BCUT2D eigenvalue weighted by Crippen LogP contribution is 2.29. The summed E-state index contributed by atoms with van der Waals surface area (Å²) in [5.41, 5.74) is 1.59. The Morgan fingerprint density at radius 2 is 1.91 bits per heavy atom. The van der Waals surface area contributed by atoms with Crippen LogP contribution in [0.15, 0.2) is 11.6 Å². The van der Waals surface area contributed by atoms with Crippen molar-refractivity contribution in [1.29, 1.82) is 0 Å². The predicted molar refractivity (Wildman–Crippen MR) is 52.7 cm³/mol. The van der Waals surface area contributed by atoms with Crippen molar-refractivity contribution < 1.29 is 0 Å². The summed E-state index contributed by atoms with van der Waals surface area (Å²) >= 11 is 0. The van der Waals surface area contributed by atoms with Crippen LogP contribution in [-0.4, -0.2) is 0 Å². The molecule has 0 N–H and O–H groups in total. The second-order valence-corrected chi connectivity index (χ2v) is 3.49. The van der Waals surface area contributed by atoms with Gasteiger partial charge in [-0.25, -0.2) is 0 Å². The Hall–Kier alpha value is -0.260. The highest BCUT2D eigenvalue weighted by atomic mass is 14.2. The van der Waals surface area contributed by atoms with Gasteiger partial charge in [0.05, 0.1) is 0 Å². The van der Waals surface area contributed by atoms with E-state index in [4.69, 9.17) is 0 Å². The van der Waals surface area contributed by atoms with Crippen molar-refractivity contribution in [3.63, 3.8) is 0 Å². The van der Waals surface area contributed by atoms with Crippen LogP contribution >= 0.6 is 0 Å². The van der Waals surface area contributed by atoms with E-state index in [2.05, 4.69) is 26.8 Å². The monoisotopic (exact) mass is 154 g/mol. The molecule has 0 radical (unpaired) electrons. The van der Waals surface area contributed by atoms with E-state index in [-0.39, 0.29) is 0 Å². The molecule has 0 aliphatic heterocycles. The minimum absolute atomic E-state index is 0.874. The van der Waals surface area contributed by atoms with Crippen molar-refractivity contribution in [2.45, 2.75) is 47.5 Å². The first-order valence-electron chi connectivity index (χ1n) is 4.86. The largest absolute Gasteiger partial charge is 0.0853 e. The van der Waals surface area contributed by atoms with Gasteiger partial charge in [-0.15, -0.1) is 0 Å². The van der Waals surface area contributed by atoms with Crippen LogP contribution in [0.1, 0.15) is 47.5 Å². The Morgan fingerprint density at radius 1 is 1.36 bits per heavy atom. The normalized spacial score (nSPS) is 22.7. The van der Waals surface area contributed by atoms with Crippen LogP contribution in [0.5, 0.6) is 0 Å². The first-order valence-corrected chi connectivity index (χ1v) is 4.86. The van der Waals surface area contributed by atoms with E-state index in [9.17, 15) is 0 Å². The summed E-state index contributed by atoms with van der Waals surface area (Å²) in [6.07, 6.45) is 5.05. The van der Waals surface area contributed by atoms with Gasteiger partial charge >= 0.3 is 0 Å². The topological polar surface area (TPSA) is 0 Å². The van der Waals surface area contributed by atoms with Gasteiger partial charge in [-0.2, -0.15) is 0 Å². The number of rotatable bonds is 1. The third-order valence-corrected chi connectivity index (χ3v) is 2.30. The molecule has 0 aromatic heterocycles. The molecule has 11 heavy (non-hydrogen) atoms. The zero-order valence-electron chi connectivity index (χ0n) is 8.65. The molecule has 1 atom stereocenters. The first-order chi connectivity index (χ1) is 5.20. The number of allylic oxidation sites excluding steroid dienone is 2. The summed E-state index contributed by atoms with van der Waals surface area (Å²) in [6, 6.07) is 0. The van der Waals surface area contributed by atoms with Crippen molar-refractivity contribution in [3.05, 3.63) is 11.6 Å². The molecule has 0 heterocycles. The fourth-order valence-corrected chi connectivity index (χ4v) is 1.44. The smallest absolute Gasteiger partial charge is 0.0289 e. The SMILES string of the molecule is CC.CC1=CCC(C(C)C)C1. The predicted octanol–water partition coefficient (Wildman–Crippen LogP) is 4.02. The van der Waals surface area contributed by atoms with Gasteiger partial charge in [-0.3, -0.25) is 0 Å². The minimum atomic E-state index is 0.874. The molecule has 0 heteroatoms. The maximum absolute atomic E-state index is 2.38. The van der Waals surface area contributed by atoms with Gasteiger partial charge in [0.15, 0.2) is 0 Å². The second kappa shape index (κ2) is 5.40. The highest BCUT2D eigenvalue weighted by Gasteiger charge is 2.16. The summed E-state index contributed by atoms with van der Waals surface area (Å²) in [7, 11) is 0. The van der Waals surface area contributed by atoms with E-state index in [0.717, 1.165) is 11.8 Å². The van der Waals surface area contributed by atoms with Crippen molar-refractivity contribution in [1.82, 2.24) is 0 Å². The van der Waals surface area contributed by atoms with E-state index in [1.807, 2.05) is 13.8 Å². The van der Waals surface area contributed by atoms with Gasteiger partial charge in [0, 0.05) is 0 Å². The van der Waals surface area contributed by atoms with E-state index >= 15 is 0 Å². The minimum Gasteiger partial charge on any atom is -0.0853 e. The molecule has 1 rings (SSSR count). The Balaban J connectivity index is 0.000000461. The molecule has 1 aliphatic carbocycles. The molecular weight excluding hydrogens is 132 g/mol. The standard InChI is InChI=1S/C9H16.C2H6/c1-7(2)9-5-4-8(3)6-9;1-2/h4,7,9H,5-6H2,1-3H3;1-2H3. The van der Waals surface area contributed by atoms with Gasteiger partial charge in [0.25, 0.3) is 0 Å². The molecule has 0 saturated carbocycles. The lowest BCUT2D eigenvalue weighted by molar-refractivity contribution is 0.405. The van der Waals surface area contributed by atoms with Crippen molar-refractivity contribution >= 4 is 0 Å². The Morgan fingerprint density at radius 3 is 2.09 bits per heavy atom. The quantitative estimate of drug-likeness (QED) is 0.500. The third-order valence-electron chi connectivity index (χ3n) is 2.30. The van der Waals surface area contributed by atoms with Crippen molar-refractivity contribution in [2.24, 2.45) is 11.8 Å². The van der Waals surface area contributed by atoms with Crippen LogP contribution in [0.3, 0.4) is 0 Å².